The highest BCUT2D eigenvalue weighted by Gasteiger charge is 2.54. The van der Waals surface area contributed by atoms with Gasteiger partial charge in [0.25, 0.3) is 3.67 Å². The summed E-state index contributed by atoms with van der Waals surface area (Å²) in [6, 6.07) is 2.77. The van der Waals surface area contributed by atoms with Crippen LogP contribution >= 0.6 is 46.8 Å². The zero-order valence-electron chi connectivity index (χ0n) is 9.23. The summed E-state index contributed by atoms with van der Waals surface area (Å²) in [7, 11) is -3.92. The van der Waals surface area contributed by atoms with Crippen LogP contribution < -0.4 is 3.71 Å². The second-order valence-electron chi connectivity index (χ2n) is 3.31. The Morgan fingerprint density at radius 2 is 1.95 bits per heavy atom. The molecule has 1 rings (SSSR count). The minimum Gasteiger partial charge on any atom is -0.262 e. The van der Waals surface area contributed by atoms with Gasteiger partial charge in [0, 0.05) is 18.1 Å². The SMILES string of the molecule is CS(=O)(=O)N(SC(Cl)(Cl)C(F)(F)Cl)c1cccnc1. The fraction of sp³-hybridized carbons (Fsp3) is 0.375. The molecule has 0 aliphatic carbocycles. The van der Waals surface area contributed by atoms with Crippen molar-refractivity contribution < 1.29 is 17.2 Å². The second-order valence-corrected chi connectivity index (χ2v) is 8.78. The van der Waals surface area contributed by atoms with Gasteiger partial charge in [-0.25, -0.2) is 12.1 Å². The third kappa shape index (κ3) is 4.49. The summed E-state index contributed by atoms with van der Waals surface area (Å²) in [5.74, 6) is 0. The molecule has 108 valence electrons. The van der Waals surface area contributed by atoms with Gasteiger partial charge in [0.15, 0.2) is 0 Å². The summed E-state index contributed by atoms with van der Waals surface area (Å²) in [5, 5.41) is -4.04. The molecule has 0 unspecified atom stereocenters. The van der Waals surface area contributed by atoms with Crippen molar-refractivity contribution in [2.24, 2.45) is 0 Å². The van der Waals surface area contributed by atoms with Crippen LogP contribution in [0.4, 0.5) is 14.5 Å². The third-order valence-corrected chi connectivity index (χ3v) is 5.87. The first-order chi connectivity index (χ1) is 8.45. The molecule has 1 heterocycles. The van der Waals surface area contributed by atoms with Crippen molar-refractivity contribution >= 4 is 62.5 Å². The van der Waals surface area contributed by atoms with Crippen molar-refractivity contribution in [1.29, 1.82) is 0 Å². The van der Waals surface area contributed by atoms with Crippen molar-refractivity contribution in [2.45, 2.75) is 9.05 Å². The number of aromatic nitrogens is 1. The van der Waals surface area contributed by atoms with Crippen molar-refractivity contribution in [3.63, 3.8) is 0 Å². The molecule has 19 heavy (non-hydrogen) atoms. The van der Waals surface area contributed by atoms with Crippen molar-refractivity contribution in [3.8, 4) is 0 Å². The molecule has 4 nitrogen and oxygen atoms in total. The van der Waals surface area contributed by atoms with Gasteiger partial charge < -0.3 is 0 Å². The van der Waals surface area contributed by atoms with E-state index in [4.69, 9.17) is 34.8 Å². The quantitative estimate of drug-likeness (QED) is 0.587. The van der Waals surface area contributed by atoms with E-state index in [1.54, 1.807) is 0 Å². The molecule has 0 radical (unpaired) electrons. The van der Waals surface area contributed by atoms with E-state index < -0.39 is 19.1 Å². The molecule has 0 saturated carbocycles. The molecule has 0 aromatic carbocycles. The molecule has 0 spiro atoms. The first-order valence-corrected chi connectivity index (χ1v) is 8.25. The Bertz CT molecular complexity index is 537. The Balaban J connectivity index is 3.17. The van der Waals surface area contributed by atoms with E-state index in [1.165, 1.54) is 18.3 Å². The van der Waals surface area contributed by atoms with Gasteiger partial charge in [0.1, 0.15) is 0 Å². The van der Waals surface area contributed by atoms with Crippen LogP contribution in [0, 0.1) is 0 Å². The molecule has 0 fully saturated rings. The van der Waals surface area contributed by atoms with Crippen molar-refractivity contribution in [1.82, 2.24) is 4.98 Å². The van der Waals surface area contributed by atoms with E-state index in [-0.39, 0.29) is 17.6 Å². The lowest BCUT2D eigenvalue weighted by Crippen LogP contribution is -2.36. The van der Waals surface area contributed by atoms with Crippen LogP contribution in [-0.4, -0.2) is 28.7 Å². The molecule has 0 saturated heterocycles. The molecule has 0 aliphatic rings. The van der Waals surface area contributed by atoms with Gasteiger partial charge in [-0.15, -0.1) is 0 Å². The average Bonchev–Trinajstić information content (AvgIpc) is 2.24. The summed E-state index contributed by atoms with van der Waals surface area (Å²) in [6.07, 6.45) is 3.35. The number of nitrogens with zero attached hydrogens (tertiary/aromatic N) is 2. The molecular formula is C8H7Cl3F2N2O2S2. The Morgan fingerprint density at radius 3 is 2.32 bits per heavy atom. The van der Waals surface area contributed by atoms with Crippen molar-refractivity contribution in [3.05, 3.63) is 24.5 Å². The maximum atomic E-state index is 13.0. The van der Waals surface area contributed by atoms with Gasteiger partial charge in [-0.05, 0) is 23.7 Å². The number of hydrogen-bond donors (Lipinski definition) is 0. The second kappa shape index (κ2) is 5.77. The van der Waals surface area contributed by atoms with Crippen LogP contribution in [-0.2, 0) is 10.0 Å². The van der Waals surface area contributed by atoms with E-state index in [2.05, 4.69) is 4.98 Å². The van der Waals surface area contributed by atoms with Gasteiger partial charge in [-0.1, -0.05) is 23.2 Å². The summed E-state index contributed by atoms with van der Waals surface area (Å²) in [4.78, 5) is 3.69. The Morgan fingerprint density at radius 1 is 1.37 bits per heavy atom. The maximum Gasteiger partial charge on any atom is 0.365 e. The third-order valence-electron chi connectivity index (χ3n) is 1.69. The molecule has 1 aromatic rings. The van der Waals surface area contributed by atoms with Gasteiger partial charge in [0.2, 0.25) is 10.0 Å². The summed E-state index contributed by atoms with van der Waals surface area (Å²) in [5.41, 5.74) is 0.0154. The lowest BCUT2D eigenvalue weighted by Gasteiger charge is -2.29. The van der Waals surface area contributed by atoms with Crippen LogP contribution in [0.25, 0.3) is 0 Å². The monoisotopic (exact) mass is 370 g/mol. The number of hydrogen-bond acceptors (Lipinski definition) is 4. The normalized spacial score (nSPS) is 13.4. The van der Waals surface area contributed by atoms with E-state index in [0.717, 1.165) is 12.5 Å². The Kier molecular flexibility index (Phi) is 5.17. The summed E-state index contributed by atoms with van der Waals surface area (Å²) >= 11 is 15.5. The number of pyridine rings is 1. The van der Waals surface area contributed by atoms with Gasteiger partial charge in [0.05, 0.1) is 18.1 Å². The topological polar surface area (TPSA) is 50.3 Å². The van der Waals surface area contributed by atoms with Crippen molar-refractivity contribution in [2.75, 3.05) is 9.97 Å². The summed E-state index contributed by atoms with van der Waals surface area (Å²) in [6.45, 7) is 0. The zero-order chi connectivity index (χ0) is 14.9. The van der Waals surface area contributed by atoms with Gasteiger partial charge >= 0.3 is 5.38 Å². The predicted molar refractivity (Wildman–Crippen MR) is 74.4 cm³/mol. The number of rotatable bonds is 5. The highest BCUT2D eigenvalue weighted by Crippen LogP contribution is 2.52. The Labute approximate surface area is 128 Å². The lowest BCUT2D eigenvalue weighted by molar-refractivity contribution is 0.103. The van der Waals surface area contributed by atoms with E-state index in [9.17, 15) is 17.2 Å². The number of halogens is 5. The number of sulfonamides is 1. The fourth-order valence-corrected chi connectivity index (χ4v) is 3.59. The smallest absolute Gasteiger partial charge is 0.262 e. The number of alkyl halides is 5. The molecule has 0 amide bonds. The standard InChI is InChI=1S/C8H7Cl3F2N2O2S2/c1-19(16,17)15(6-3-2-4-14-5-6)18-7(9,10)8(11,12)13/h2-5H,1H3. The van der Waals surface area contributed by atoms with Crippen LogP contribution in [0.15, 0.2) is 24.5 Å². The molecule has 11 heteroatoms. The van der Waals surface area contributed by atoms with Crippen LogP contribution in [0.5, 0.6) is 0 Å². The minimum absolute atomic E-state index is 0.0154. The molecule has 1 aromatic heterocycles. The molecule has 0 bridgehead atoms. The average molecular weight is 372 g/mol. The highest BCUT2D eigenvalue weighted by molar-refractivity contribution is 8.16. The minimum atomic E-state index is -4.04. The molecule has 0 atom stereocenters. The fourth-order valence-electron chi connectivity index (χ4n) is 0.930. The first-order valence-electron chi connectivity index (χ1n) is 4.49. The van der Waals surface area contributed by atoms with Crippen LogP contribution in [0.3, 0.4) is 0 Å². The van der Waals surface area contributed by atoms with Crippen LogP contribution in [0.1, 0.15) is 0 Å². The van der Waals surface area contributed by atoms with E-state index in [1.807, 2.05) is 0 Å². The number of anilines is 1. The molecule has 0 N–H and O–H groups in total. The zero-order valence-corrected chi connectivity index (χ0v) is 13.1. The Hall–Kier alpha value is -0.0200. The predicted octanol–water partition coefficient (Wildman–Crippen LogP) is 3.46. The van der Waals surface area contributed by atoms with Gasteiger partial charge in [-0.2, -0.15) is 8.78 Å². The summed E-state index contributed by atoms with van der Waals surface area (Å²) < 4.78 is 46.9. The van der Waals surface area contributed by atoms with E-state index in [0.29, 0.717) is 3.71 Å². The highest BCUT2D eigenvalue weighted by atomic mass is 35.5. The molecule has 0 aliphatic heterocycles. The van der Waals surface area contributed by atoms with Crippen LogP contribution in [0.2, 0.25) is 0 Å². The molecular weight excluding hydrogens is 365 g/mol. The van der Waals surface area contributed by atoms with Gasteiger partial charge in [-0.3, -0.25) is 4.98 Å². The largest absolute Gasteiger partial charge is 0.365 e. The van der Waals surface area contributed by atoms with E-state index >= 15 is 0 Å². The first kappa shape index (κ1) is 17.0. The lowest BCUT2D eigenvalue weighted by atomic mass is 10.4. The maximum absolute atomic E-state index is 13.0.